The third-order valence-corrected chi connectivity index (χ3v) is 5.16. The van der Waals surface area contributed by atoms with E-state index in [4.69, 9.17) is 37.4 Å². The van der Waals surface area contributed by atoms with Crippen LogP contribution in [-0.4, -0.2) is 38.2 Å². The molecule has 0 N–H and O–H groups in total. The number of alkyl halides is 2. The molecule has 0 radical (unpaired) electrons. The van der Waals surface area contributed by atoms with Gasteiger partial charge in [0.05, 0.1) is 14.2 Å². The minimum atomic E-state index is 0.0154. The summed E-state index contributed by atoms with van der Waals surface area (Å²) in [5.41, 5.74) is 2.25. The second kappa shape index (κ2) is 12.1. The van der Waals surface area contributed by atoms with Gasteiger partial charge in [0, 0.05) is 24.0 Å². The number of rotatable bonds is 12. The van der Waals surface area contributed by atoms with E-state index in [0.29, 0.717) is 13.2 Å². The lowest BCUT2D eigenvalue weighted by Crippen LogP contribution is -2.12. The Morgan fingerprint density at radius 3 is 1.52 bits per heavy atom. The van der Waals surface area contributed by atoms with Crippen LogP contribution in [0.4, 0.5) is 0 Å². The van der Waals surface area contributed by atoms with E-state index in [1.54, 1.807) is 14.2 Å². The number of hydrogen-bond donors (Lipinski definition) is 0. The molecule has 3 nitrogen and oxygen atoms in total. The van der Waals surface area contributed by atoms with E-state index in [0.717, 1.165) is 48.3 Å². The van der Waals surface area contributed by atoms with E-state index in [1.165, 1.54) is 0 Å². The molecule has 2 unspecified atom stereocenters. The number of halogens is 2. The lowest BCUT2D eigenvalue weighted by Gasteiger charge is -2.14. The zero-order valence-corrected chi connectivity index (χ0v) is 17.5. The van der Waals surface area contributed by atoms with Crippen LogP contribution < -0.4 is 9.47 Å². The highest BCUT2D eigenvalue weighted by Gasteiger charge is 2.12. The molecular formula is C22H28Cl2O3. The van der Waals surface area contributed by atoms with Gasteiger partial charge in [-0.1, -0.05) is 36.4 Å². The molecule has 0 aromatic heterocycles. The molecule has 0 amide bonds. The summed E-state index contributed by atoms with van der Waals surface area (Å²) in [6, 6.07) is 15.9. The predicted molar refractivity (Wildman–Crippen MR) is 113 cm³/mol. The van der Waals surface area contributed by atoms with Crippen LogP contribution in [0, 0.1) is 0 Å². The van der Waals surface area contributed by atoms with Crippen LogP contribution in [0.25, 0.3) is 0 Å². The minimum Gasteiger partial charge on any atom is -0.496 e. The normalized spacial score (nSPS) is 13.2. The third kappa shape index (κ3) is 7.61. The van der Waals surface area contributed by atoms with Crippen LogP contribution in [0.15, 0.2) is 48.5 Å². The number of ether oxygens (including phenoxy) is 3. The summed E-state index contributed by atoms with van der Waals surface area (Å²) < 4.78 is 16.5. The van der Waals surface area contributed by atoms with E-state index in [-0.39, 0.29) is 10.8 Å². The molecule has 0 bridgehead atoms. The maximum absolute atomic E-state index is 6.45. The molecule has 0 spiro atoms. The van der Waals surface area contributed by atoms with Crippen LogP contribution in [-0.2, 0) is 17.6 Å². The molecule has 2 atom stereocenters. The molecule has 2 aromatic rings. The Kier molecular flexibility index (Phi) is 9.82. The van der Waals surface area contributed by atoms with Gasteiger partial charge in [-0.15, -0.1) is 23.2 Å². The second-order valence-corrected chi connectivity index (χ2v) is 7.65. The van der Waals surface area contributed by atoms with Crippen LogP contribution in [0.5, 0.6) is 11.5 Å². The van der Waals surface area contributed by atoms with E-state index < -0.39 is 0 Å². The number of methoxy groups -OCH3 is 2. The summed E-state index contributed by atoms with van der Waals surface area (Å²) in [6.07, 6.45) is 3.11. The largest absolute Gasteiger partial charge is 0.496 e. The Balaban J connectivity index is 1.63. The molecule has 5 heteroatoms. The third-order valence-electron chi connectivity index (χ3n) is 4.42. The van der Waals surface area contributed by atoms with Crippen molar-refractivity contribution >= 4 is 23.2 Å². The van der Waals surface area contributed by atoms with Crippen LogP contribution in [0.1, 0.15) is 24.0 Å². The van der Waals surface area contributed by atoms with Gasteiger partial charge in [-0.3, -0.25) is 0 Å². The molecular weight excluding hydrogens is 383 g/mol. The Labute approximate surface area is 172 Å². The van der Waals surface area contributed by atoms with Crippen molar-refractivity contribution < 1.29 is 14.2 Å². The maximum Gasteiger partial charge on any atom is 0.122 e. The number of hydrogen-bond acceptors (Lipinski definition) is 3. The SMILES string of the molecule is COc1ccccc1CC(Cl)CCOCCC(Cl)Cc1ccccc1OC. The van der Waals surface area contributed by atoms with Crippen LogP contribution in [0.2, 0.25) is 0 Å². The van der Waals surface area contributed by atoms with Crippen molar-refractivity contribution in [1.29, 1.82) is 0 Å². The van der Waals surface area contributed by atoms with E-state index in [9.17, 15) is 0 Å². The number of benzene rings is 2. The maximum atomic E-state index is 6.45. The highest BCUT2D eigenvalue weighted by molar-refractivity contribution is 6.21. The van der Waals surface area contributed by atoms with E-state index >= 15 is 0 Å². The summed E-state index contributed by atoms with van der Waals surface area (Å²) in [5.74, 6) is 1.76. The first kappa shape index (κ1) is 21.9. The van der Waals surface area contributed by atoms with Crippen molar-refractivity contribution in [3.8, 4) is 11.5 Å². The van der Waals surface area contributed by atoms with Gasteiger partial charge in [-0.25, -0.2) is 0 Å². The zero-order valence-electron chi connectivity index (χ0n) is 16.0. The summed E-state index contributed by atoms with van der Waals surface area (Å²) >= 11 is 12.9. The van der Waals surface area contributed by atoms with Gasteiger partial charge in [-0.05, 0) is 48.9 Å². The molecule has 148 valence electrons. The van der Waals surface area contributed by atoms with E-state index in [2.05, 4.69) is 0 Å². The van der Waals surface area contributed by atoms with Crippen molar-refractivity contribution in [3.63, 3.8) is 0 Å². The topological polar surface area (TPSA) is 27.7 Å². The Bertz CT molecular complexity index is 621. The van der Waals surface area contributed by atoms with Gasteiger partial charge >= 0.3 is 0 Å². The summed E-state index contributed by atoms with van der Waals surface area (Å²) in [5, 5.41) is 0.0309. The van der Waals surface area contributed by atoms with Crippen molar-refractivity contribution in [3.05, 3.63) is 59.7 Å². The lowest BCUT2D eigenvalue weighted by molar-refractivity contribution is 0.128. The first-order chi connectivity index (χ1) is 13.1. The monoisotopic (exact) mass is 410 g/mol. The van der Waals surface area contributed by atoms with E-state index in [1.807, 2.05) is 48.5 Å². The summed E-state index contributed by atoms with van der Waals surface area (Å²) in [4.78, 5) is 0. The zero-order chi connectivity index (χ0) is 19.5. The van der Waals surface area contributed by atoms with Gasteiger partial charge in [0.15, 0.2) is 0 Å². The molecule has 0 aliphatic rings. The highest BCUT2D eigenvalue weighted by Crippen LogP contribution is 2.23. The quantitative estimate of drug-likeness (QED) is 0.341. The molecule has 2 rings (SSSR count). The first-order valence-electron chi connectivity index (χ1n) is 9.23. The van der Waals surface area contributed by atoms with Crippen molar-refractivity contribution in [2.75, 3.05) is 27.4 Å². The van der Waals surface area contributed by atoms with Gasteiger partial charge < -0.3 is 14.2 Å². The molecule has 0 aliphatic heterocycles. The van der Waals surface area contributed by atoms with Gasteiger partial charge in [0.1, 0.15) is 11.5 Å². The summed E-state index contributed by atoms with van der Waals surface area (Å²) in [6.45, 7) is 1.25. The standard InChI is InChI=1S/C22H28Cl2O3/c1-25-21-9-5-3-7-17(21)15-19(23)11-13-27-14-12-20(24)16-18-8-4-6-10-22(18)26-2/h3-10,19-20H,11-16H2,1-2H3. The second-order valence-electron chi connectivity index (χ2n) is 6.42. The fraction of sp³-hybridized carbons (Fsp3) is 0.455. The molecule has 0 heterocycles. The van der Waals surface area contributed by atoms with Crippen molar-refractivity contribution in [2.24, 2.45) is 0 Å². The van der Waals surface area contributed by atoms with Crippen LogP contribution in [0.3, 0.4) is 0 Å². The fourth-order valence-electron chi connectivity index (χ4n) is 2.95. The van der Waals surface area contributed by atoms with Gasteiger partial charge in [0.2, 0.25) is 0 Å². The predicted octanol–water partition coefficient (Wildman–Crippen LogP) is 5.50. The van der Waals surface area contributed by atoms with Gasteiger partial charge in [0.25, 0.3) is 0 Å². The molecule has 0 fully saturated rings. The highest BCUT2D eigenvalue weighted by atomic mass is 35.5. The van der Waals surface area contributed by atoms with Crippen molar-refractivity contribution in [1.82, 2.24) is 0 Å². The Morgan fingerprint density at radius 2 is 1.11 bits per heavy atom. The summed E-state index contributed by atoms with van der Waals surface area (Å²) in [7, 11) is 3.36. The Hall–Kier alpha value is -1.42. The molecule has 0 saturated carbocycles. The average molecular weight is 411 g/mol. The van der Waals surface area contributed by atoms with Gasteiger partial charge in [-0.2, -0.15) is 0 Å². The average Bonchev–Trinajstić information content (AvgIpc) is 2.68. The number of para-hydroxylation sites is 2. The lowest BCUT2D eigenvalue weighted by atomic mass is 10.1. The molecule has 0 saturated heterocycles. The molecule has 27 heavy (non-hydrogen) atoms. The molecule has 2 aromatic carbocycles. The Morgan fingerprint density at radius 1 is 0.704 bits per heavy atom. The molecule has 0 aliphatic carbocycles. The van der Waals surface area contributed by atoms with Crippen LogP contribution >= 0.6 is 23.2 Å². The smallest absolute Gasteiger partial charge is 0.122 e. The minimum absolute atomic E-state index is 0.0154. The van der Waals surface area contributed by atoms with Crippen molar-refractivity contribution in [2.45, 2.75) is 36.4 Å². The fourth-order valence-corrected chi connectivity index (χ4v) is 3.46. The first-order valence-corrected chi connectivity index (χ1v) is 10.1.